The molecule has 0 aliphatic heterocycles. The van der Waals surface area contributed by atoms with E-state index in [1.807, 2.05) is 0 Å². The van der Waals surface area contributed by atoms with Crippen molar-refractivity contribution in [2.75, 3.05) is 0 Å². The van der Waals surface area contributed by atoms with Gasteiger partial charge in [-0.1, -0.05) is 0 Å². The van der Waals surface area contributed by atoms with Gasteiger partial charge in [0.25, 0.3) is 0 Å². The van der Waals surface area contributed by atoms with Crippen molar-refractivity contribution >= 4 is 15.8 Å². The van der Waals surface area contributed by atoms with Crippen LogP contribution in [0.5, 0.6) is 0 Å². The van der Waals surface area contributed by atoms with Crippen LogP contribution in [0.3, 0.4) is 0 Å². The maximum absolute atomic E-state index is 13.9. The van der Waals surface area contributed by atoms with E-state index in [-0.39, 0.29) is 5.82 Å². The molecule has 6 nitrogen and oxygen atoms in total. The number of carboxylic acid groups (broad SMARTS) is 1. The lowest BCUT2D eigenvalue weighted by atomic mass is 10.2. The van der Waals surface area contributed by atoms with Gasteiger partial charge < -0.3 is 5.11 Å². The number of aromatic nitrogens is 2. The van der Waals surface area contributed by atoms with Gasteiger partial charge in [-0.05, 0) is 18.2 Å². The molecule has 0 aliphatic carbocycles. The van der Waals surface area contributed by atoms with Crippen LogP contribution in [0.1, 0.15) is 16.2 Å². The average Bonchev–Trinajstić information content (AvgIpc) is 2.38. The highest BCUT2D eigenvalue weighted by Gasteiger charge is 2.27. The normalized spacial score (nSPS) is 11.3. The number of carbonyl (C=O) groups is 1. The Labute approximate surface area is 118 Å². The van der Waals surface area contributed by atoms with Crippen molar-refractivity contribution in [3.8, 4) is 0 Å². The summed E-state index contributed by atoms with van der Waals surface area (Å²) in [6, 6.07) is 2.73. The smallest absolute Gasteiger partial charge is 0.341 e. The third-order valence-corrected chi connectivity index (χ3v) is 4.17. The molecule has 0 radical (unpaired) electrons. The van der Waals surface area contributed by atoms with Gasteiger partial charge in [0.15, 0.2) is 15.7 Å². The minimum absolute atomic E-state index is 0.0851. The van der Waals surface area contributed by atoms with Crippen LogP contribution in [-0.4, -0.2) is 29.5 Å². The van der Waals surface area contributed by atoms with Gasteiger partial charge in [0, 0.05) is 12.4 Å². The maximum atomic E-state index is 13.9. The summed E-state index contributed by atoms with van der Waals surface area (Å²) >= 11 is 0. The molecule has 2 rings (SSSR count). The van der Waals surface area contributed by atoms with E-state index in [0.29, 0.717) is 12.1 Å². The monoisotopic (exact) mass is 314 g/mol. The summed E-state index contributed by atoms with van der Waals surface area (Å²) < 4.78 is 51.3. The van der Waals surface area contributed by atoms with E-state index >= 15 is 0 Å². The molecule has 1 aromatic carbocycles. The quantitative estimate of drug-likeness (QED) is 0.857. The summed E-state index contributed by atoms with van der Waals surface area (Å²) in [4.78, 5) is 17.3. The fourth-order valence-electron chi connectivity index (χ4n) is 1.62. The molecule has 0 saturated heterocycles. The topological polar surface area (TPSA) is 97.2 Å². The van der Waals surface area contributed by atoms with Crippen molar-refractivity contribution in [1.29, 1.82) is 0 Å². The van der Waals surface area contributed by atoms with E-state index in [0.717, 1.165) is 0 Å². The zero-order valence-corrected chi connectivity index (χ0v) is 11.1. The first-order valence-electron chi connectivity index (χ1n) is 5.53. The van der Waals surface area contributed by atoms with Gasteiger partial charge in [-0.3, -0.25) is 0 Å². The second-order valence-electron chi connectivity index (χ2n) is 3.96. The second-order valence-corrected chi connectivity index (χ2v) is 5.92. The highest BCUT2D eigenvalue weighted by molar-refractivity contribution is 7.90. The summed E-state index contributed by atoms with van der Waals surface area (Å²) in [6.45, 7) is 0. The number of hydrogen-bond donors (Lipinski definition) is 1. The molecule has 0 unspecified atom stereocenters. The Balaban J connectivity index is 2.51. The number of carboxylic acids is 1. The predicted octanol–water partition coefficient (Wildman–Crippen LogP) is 1.43. The molecule has 0 bridgehead atoms. The SMILES string of the molecule is O=C(O)c1c(F)ccc(S(=O)(=O)Cc2ncccn2)c1F. The molecule has 1 N–H and O–H groups in total. The minimum Gasteiger partial charge on any atom is -0.477 e. The van der Waals surface area contributed by atoms with Gasteiger partial charge in [0.1, 0.15) is 27.9 Å². The molecule has 0 fully saturated rings. The Morgan fingerprint density at radius 1 is 1.19 bits per heavy atom. The summed E-state index contributed by atoms with van der Waals surface area (Å²) in [6.07, 6.45) is 2.61. The van der Waals surface area contributed by atoms with Crippen LogP contribution >= 0.6 is 0 Å². The molecule has 0 amide bonds. The number of halogens is 2. The Morgan fingerprint density at radius 3 is 2.38 bits per heavy atom. The first-order chi connectivity index (χ1) is 9.83. The van der Waals surface area contributed by atoms with E-state index in [1.54, 1.807) is 0 Å². The summed E-state index contributed by atoms with van der Waals surface area (Å²) in [5, 5.41) is 8.73. The predicted molar refractivity (Wildman–Crippen MR) is 66.2 cm³/mol. The van der Waals surface area contributed by atoms with Crippen molar-refractivity contribution in [1.82, 2.24) is 9.97 Å². The van der Waals surface area contributed by atoms with Crippen molar-refractivity contribution in [3.63, 3.8) is 0 Å². The van der Waals surface area contributed by atoms with Crippen LogP contribution in [0.25, 0.3) is 0 Å². The minimum atomic E-state index is -4.25. The lowest BCUT2D eigenvalue weighted by molar-refractivity contribution is 0.0685. The average molecular weight is 314 g/mol. The fourth-order valence-corrected chi connectivity index (χ4v) is 2.92. The van der Waals surface area contributed by atoms with Gasteiger partial charge in [-0.25, -0.2) is 32.0 Å². The summed E-state index contributed by atoms with van der Waals surface area (Å²) in [7, 11) is -4.25. The Bertz CT molecular complexity index is 794. The van der Waals surface area contributed by atoms with E-state index in [1.165, 1.54) is 18.5 Å². The molecule has 0 atom stereocenters. The van der Waals surface area contributed by atoms with Crippen molar-refractivity contribution < 1.29 is 27.1 Å². The molecule has 0 saturated carbocycles. The Morgan fingerprint density at radius 2 is 1.81 bits per heavy atom. The fraction of sp³-hybridized carbons (Fsp3) is 0.0833. The molecular weight excluding hydrogens is 306 g/mol. The van der Waals surface area contributed by atoms with E-state index in [4.69, 9.17) is 5.11 Å². The molecule has 0 aliphatic rings. The largest absolute Gasteiger partial charge is 0.477 e. The molecular formula is C12H8F2N2O4S. The molecule has 110 valence electrons. The Kier molecular flexibility index (Phi) is 3.94. The van der Waals surface area contributed by atoms with Crippen LogP contribution in [0, 0.1) is 11.6 Å². The van der Waals surface area contributed by atoms with Crippen molar-refractivity contribution in [2.45, 2.75) is 10.6 Å². The number of benzene rings is 1. The highest BCUT2D eigenvalue weighted by atomic mass is 32.2. The van der Waals surface area contributed by atoms with Gasteiger partial charge in [0.2, 0.25) is 0 Å². The number of hydrogen-bond acceptors (Lipinski definition) is 5. The third kappa shape index (κ3) is 3.02. The summed E-state index contributed by atoms with van der Waals surface area (Å²) in [5.41, 5.74) is -1.31. The van der Waals surface area contributed by atoms with Gasteiger partial charge in [-0.2, -0.15) is 0 Å². The second kappa shape index (κ2) is 5.52. The lowest BCUT2D eigenvalue weighted by Gasteiger charge is -2.07. The number of sulfone groups is 1. The zero-order chi connectivity index (χ0) is 15.6. The molecule has 0 spiro atoms. The molecule has 2 aromatic rings. The van der Waals surface area contributed by atoms with Crippen LogP contribution in [0.15, 0.2) is 35.5 Å². The molecule has 1 heterocycles. The third-order valence-electron chi connectivity index (χ3n) is 2.54. The number of aromatic carboxylic acids is 1. The van der Waals surface area contributed by atoms with Gasteiger partial charge >= 0.3 is 5.97 Å². The standard InChI is InChI=1S/C12H8F2N2O4S/c13-7-2-3-8(11(14)10(7)12(17)18)21(19,20)6-9-15-4-1-5-16-9/h1-5H,6H2,(H,17,18). The summed E-state index contributed by atoms with van der Waals surface area (Å²) in [5.74, 6) is -5.69. The first kappa shape index (κ1) is 15.0. The van der Waals surface area contributed by atoms with E-state index in [2.05, 4.69) is 9.97 Å². The van der Waals surface area contributed by atoms with Crippen LogP contribution in [-0.2, 0) is 15.6 Å². The molecule has 1 aromatic heterocycles. The Hall–Kier alpha value is -2.42. The van der Waals surface area contributed by atoms with Crippen molar-refractivity contribution in [3.05, 3.63) is 53.6 Å². The first-order valence-corrected chi connectivity index (χ1v) is 7.18. The van der Waals surface area contributed by atoms with E-state index < -0.39 is 43.7 Å². The number of rotatable bonds is 4. The van der Waals surface area contributed by atoms with Crippen LogP contribution in [0.2, 0.25) is 0 Å². The van der Waals surface area contributed by atoms with Crippen LogP contribution in [0.4, 0.5) is 8.78 Å². The number of nitrogens with zero attached hydrogens (tertiary/aromatic N) is 2. The molecule has 21 heavy (non-hydrogen) atoms. The van der Waals surface area contributed by atoms with Crippen molar-refractivity contribution in [2.24, 2.45) is 0 Å². The maximum Gasteiger partial charge on any atom is 0.341 e. The van der Waals surface area contributed by atoms with E-state index in [9.17, 15) is 22.0 Å². The molecule has 9 heteroatoms. The van der Waals surface area contributed by atoms with Gasteiger partial charge in [-0.15, -0.1) is 0 Å². The van der Waals surface area contributed by atoms with Gasteiger partial charge in [0.05, 0.1) is 0 Å². The lowest BCUT2D eigenvalue weighted by Crippen LogP contribution is -2.14. The zero-order valence-electron chi connectivity index (χ0n) is 10.3. The van der Waals surface area contributed by atoms with Crippen LogP contribution < -0.4 is 0 Å². The highest BCUT2D eigenvalue weighted by Crippen LogP contribution is 2.23.